The fraction of sp³-hybridized carbons (Fsp3) is 0.353. The van der Waals surface area contributed by atoms with Crippen LogP contribution in [-0.4, -0.2) is 45.1 Å². The number of nitrogens with zero attached hydrogens (tertiary/aromatic N) is 4. The van der Waals surface area contributed by atoms with Gasteiger partial charge in [0.2, 0.25) is 5.88 Å². The van der Waals surface area contributed by atoms with Crippen LogP contribution in [0.15, 0.2) is 30.3 Å². The molecule has 1 fully saturated rings. The summed E-state index contributed by atoms with van der Waals surface area (Å²) in [5, 5.41) is 18.9. The van der Waals surface area contributed by atoms with Gasteiger partial charge in [0.25, 0.3) is 11.6 Å². The zero-order valence-corrected chi connectivity index (χ0v) is 14.8. The second-order valence-electron chi connectivity index (χ2n) is 6.05. The number of aryl methyl sites for hydroxylation is 1. The van der Waals surface area contributed by atoms with E-state index in [0.717, 1.165) is 5.69 Å². The van der Waals surface area contributed by atoms with Crippen molar-refractivity contribution in [3.8, 4) is 5.88 Å². The van der Waals surface area contributed by atoms with Crippen LogP contribution in [0.5, 0.6) is 5.88 Å². The summed E-state index contributed by atoms with van der Waals surface area (Å²) >= 11 is 5.79. The van der Waals surface area contributed by atoms with Gasteiger partial charge in [-0.2, -0.15) is 5.10 Å². The van der Waals surface area contributed by atoms with Crippen LogP contribution in [0.25, 0.3) is 0 Å². The van der Waals surface area contributed by atoms with E-state index in [0.29, 0.717) is 31.8 Å². The summed E-state index contributed by atoms with van der Waals surface area (Å²) in [5.41, 5.74) is 0.799. The largest absolute Gasteiger partial charge is 0.473 e. The molecular weight excluding hydrogens is 360 g/mol. The maximum absolute atomic E-state index is 12.6. The predicted octanol–water partition coefficient (Wildman–Crippen LogP) is 3.03. The molecule has 0 radical (unpaired) electrons. The standard InChI is InChI=1S/C17H17ClN4O4/c1-11-2-5-16(20-19-11)26-13-6-8-21(9-7-13)17(23)12-3-4-14(18)15(10-12)22(24)25/h2-5,10,13H,6-9H2,1H3. The van der Waals surface area contributed by atoms with Crippen LogP contribution in [0.2, 0.25) is 5.02 Å². The summed E-state index contributed by atoms with van der Waals surface area (Å²) < 4.78 is 5.79. The van der Waals surface area contributed by atoms with Gasteiger partial charge in [0.15, 0.2) is 0 Å². The average Bonchev–Trinajstić information content (AvgIpc) is 2.64. The summed E-state index contributed by atoms with van der Waals surface area (Å²) in [4.78, 5) is 24.6. The Morgan fingerprint density at radius 1 is 1.27 bits per heavy atom. The molecule has 1 aliphatic rings. The molecular formula is C17H17ClN4O4. The molecule has 9 heteroatoms. The number of rotatable bonds is 4. The number of nitro benzene ring substituents is 1. The van der Waals surface area contributed by atoms with Crippen LogP contribution in [-0.2, 0) is 0 Å². The molecule has 3 rings (SSSR count). The van der Waals surface area contributed by atoms with E-state index in [9.17, 15) is 14.9 Å². The molecule has 1 aromatic heterocycles. The first-order valence-corrected chi connectivity index (χ1v) is 8.52. The van der Waals surface area contributed by atoms with Crippen molar-refractivity contribution >= 4 is 23.2 Å². The van der Waals surface area contributed by atoms with Crippen molar-refractivity contribution in [3.63, 3.8) is 0 Å². The highest BCUT2D eigenvalue weighted by Gasteiger charge is 2.26. The van der Waals surface area contributed by atoms with Gasteiger partial charge in [0.1, 0.15) is 11.1 Å². The van der Waals surface area contributed by atoms with Crippen molar-refractivity contribution < 1.29 is 14.5 Å². The topological polar surface area (TPSA) is 98.5 Å². The molecule has 0 atom stereocenters. The van der Waals surface area contributed by atoms with E-state index in [1.165, 1.54) is 18.2 Å². The van der Waals surface area contributed by atoms with Gasteiger partial charge in [0.05, 0.1) is 10.6 Å². The first-order valence-electron chi connectivity index (χ1n) is 8.14. The SMILES string of the molecule is Cc1ccc(OC2CCN(C(=O)c3ccc(Cl)c([N+](=O)[O-])c3)CC2)nn1. The van der Waals surface area contributed by atoms with E-state index < -0.39 is 4.92 Å². The van der Waals surface area contributed by atoms with Gasteiger partial charge in [-0.25, -0.2) is 0 Å². The van der Waals surface area contributed by atoms with Crippen molar-refractivity contribution in [3.05, 3.63) is 56.7 Å². The minimum atomic E-state index is -0.595. The molecule has 0 N–H and O–H groups in total. The molecule has 2 heterocycles. The number of aromatic nitrogens is 2. The summed E-state index contributed by atoms with van der Waals surface area (Å²) in [6, 6.07) is 7.69. The van der Waals surface area contributed by atoms with Crippen LogP contribution in [0.1, 0.15) is 28.9 Å². The number of amides is 1. The fourth-order valence-corrected chi connectivity index (χ4v) is 2.95. The number of benzene rings is 1. The summed E-state index contributed by atoms with van der Waals surface area (Å²) in [6.45, 7) is 2.85. The smallest absolute Gasteiger partial charge is 0.288 e. The minimum Gasteiger partial charge on any atom is -0.473 e. The highest BCUT2D eigenvalue weighted by atomic mass is 35.5. The van der Waals surface area contributed by atoms with Gasteiger partial charge >= 0.3 is 0 Å². The number of hydrogen-bond donors (Lipinski definition) is 0. The summed E-state index contributed by atoms with van der Waals surface area (Å²) in [7, 11) is 0. The lowest BCUT2D eigenvalue weighted by molar-refractivity contribution is -0.384. The molecule has 0 unspecified atom stereocenters. The Labute approximate surface area is 154 Å². The summed E-state index contributed by atoms with van der Waals surface area (Å²) in [6.07, 6.45) is 1.25. The third-order valence-electron chi connectivity index (χ3n) is 4.18. The third-order valence-corrected chi connectivity index (χ3v) is 4.50. The molecule has 0 spiro atoms. The highest BCUT2D eigenvalue weighted by molar-refractivity contribution is 6.32. The van der Waals surface area contributed by atoms with Crippen LogP contribution in [0.3, 0.4) is 0 Å². The number of nitro groups is 1. The number of ether oxygens (including phenoxy) is 1. The number of likely N-dealkylation sites (tertiary alicyclic amines) is 1. The number of carbonyl (C=O) groups is 1. The zero-order chi connectivity index (χ0) is 18.7. The van der Waals surface area contributed by atoms with Crippen molar-refractivity contribution in [2.45, 2.75) is 25.9 Å². The first kappa shape index (κ1) is 18.1. The third kappa shape index (κ3) is 4.08. The van der Waals surface area contributed by atoms with E-state index in [-0.39, 0.29) is 28.3 Å². The lowest BCUT2D eigenvalue weighted by Crippen LogP contribution is -2.41. The Balaban J connectivity index is 1.61. The van der Waals surface area contributed by atoms with Crippen molar-refractivity contribution in [2.75, 3.05) is 13.1 Å². The van der Waals surface area contributed by atoms with Crippen molar-refractivity contribution in [1.82, 2.24) is 15.1 Å². The Morgan fingerprint density at radius 3 is 2.62 bits per heavy atom. The van der Waals surface area contributed by atoms with E-state index in [1.807, 2.05) is 13.0 Å². The number of carbonyl (C=O) groups excluding carboxylic acids is 1. The Bertz CT molecular complexity index is 820. The molecule has 8 nitrogen and oxygen atoms in total. The van der Waals surface area contributed by atoms with Crippen LogP contribution in [0.4, 0.5) is 5.69 Å². The van der Waals surface area contributed by atoms with Crippen LogP contribution in [0, 0.1) is 17.0 Å². The fourth-order valence-electron chi connectivity index (χ4n) is 2.77. The molecule has 0 aliphatic carbocycles. The average molecular weight is 377 g/mol. The predicted molar refractivity (Wildman–Crippen MR) is 94.4 cm³/mol. The van der Waals surface area contributed by atoms with Crippen molar-refractivity contribution in [2.24, 2.45) is 0 Å². The Hall–Kier alpha value is -2.74. The van der Waals surface area contributed by atoms with E-state index in [1.54, 1.807) is 11.0 Å². The number of hydrogen-bond acceptors (Lipinski definition) is 6. The van der Waals surface area contributed by atoms with E-state index >= 15 is 0 Å². The minimum absolute atomic E-state index is 0.0119. The maximum Gasteiger partial charge on any atom is 0.288 e. The van der Waals surface area contributed by atoms with E-state index in [4.69, 9.17) is 16.3 Å². The van der Waals surface area contributed by atoms with Crippen LogP contribution < -0.4 is 4.74 Å². The van der Waals surface area contributed by atoms with Gasteiger partial charge < -0.3 is 9.64 Å². The van der Waals surface area contributed by atoms with Crippen LogP contribution >= 0.6 is 11.6 Å². The molecule has 1 saturated heterocycles. The van der Waals surface area contributed by atoms with Gasteiger partial charge in [-0.1, -0.05) is 11.6 Å². The summed E-state index contributed by atoms with van der Waals surface area (Å²) in [5.74, 6) is 0.215. The lowest BCUT2D eigenvalue weighted by Gasteiger charge is -2.31. The normalized spacial score (nSPS) is 14.9. The van der Waals surface area contributed by atoms with Gasteiger partial charge in [-0.3, -0.25) is 14.9 Å². The maximum atomic E-state index is 12.6. The highest BCUT2D eigenvalue weighted by Crippen LogP contribution is 2.26. The zero-order valence-electron chi connectivity index (χ0n) is 14.1. The molecule has 2 aromatic rings. The Kier molecular flexibility index (Phi) is 5.32. The molecule has 1 aliphatic heterocycles. The molecule has 26 heavy (non-hydrogen) atoms. The molecule has 0 saturated carbocycles. The Morgan fingerprint density at radius 2 is 2.00 bits per heavy atom. The molecule has 136 valence electrons. The molecule has 1 aromatic carbocycles. The van der Waals surface area contributed by atoms with Gasteiger partial charge in [-0.15, -0.1) is 5.10 Å². The monoisotopic (exact) mass is 376 g/mol. The second kappa shape index (κ2) is 7.65. The second-order valence-corrected chi connectivity index (χ2v) is 6.45. The molecule has 1 amide bonds. The van der Waals surface area contributed by atoms with E-state index in [2.05, 4.69) is 10.2 Å². The van der Waals surface area contributed by atoms with Crippen molar-refractivity contribution in [1.29, 1.82) is 0 Å². The molecule has 0 bridgehead atoms. The van der Waals surface area contributed by atoms with Gasteiger partial charge in [0, 0.05) is 43.6 Å². The van der Waals surface area contributed by atoms with Gasteiger partial charge in [-0.05, 0) is 25.1 Å². The number of piperidine rings is 1. The lowest BCUT2D eigenvalue weighted by atomic mass is 10.1. The first-order chi connectivity index (χ1) is 12.4. The number of halogens is 1. The quantitative estimate of drug-likeness (QED) is 0.600.